The molecule has 0 saturated carbocycles. The highest BCUT2D eigenvalue weighted by atomic mass is 35.5. The van der Waals surface area contributed by atoms with Crippen LogP contribution in [0.15, 0.2) is 36.4 Å². The van der Waals surface area contributed by atoms with Crippen molar-refractivity contribution in [3.05, 3.63) is 58.4 Å². The molecule has 194 valence electrons. The van der Waals surface area contributed by atoms with E-state index in [2.05, 4.69) is 0 Å². The minimum atomic E-state index is -1.67. The van der Waals surface area contributed by atoms with Gasteiger partial charge in [-0.15, -0.1) is 0 Å². The summed E-state index contributed by atoms with van der Waals surface area (Å²) in [6.45, 7) is 12.9. The third-order valence-corrected chi connectivity index (χ3v) is 7.73. The van der Waals surface area contributed by atoms with Crippen LogP contribution < -0.4 is 15.9 Å². The van der Waals surface area contributed by atoms with Gasteiger partial charge in [0.15, 0.2) is 6.10 Å². The molecule has 1 fully saturated rings. The Morgan fingerprint density at radius 1 is 1.17 bits per heavy atom. The fourth-order valence-electron chi connectivity index (χ4n) is 4.93. The number of rotatable bonds is 4. The number of primary amides is 1. The molecule has 10 heteroatoms. The first kappa shape index (κ1) is 26.7. The first-order valence-electron chi connectivity index (χ1n) is 11.8. The van der Waals surface area contributed by atoms with Crippen LogP contribution in [0.25, 0.3) is 0 Å². The van der Waals surface area contributed by atoms with Crippen LogP contribution in [0, 0.1) is 11.2 Å². The van der Waals surface area contributed by atoms with Gasteiger partial charge in [0, 0.05) is 28.1 Å². The van der Waals surface area contributed by atoms with E-state index >= 15 is 4.39 Å². The summed E-state index contributed by atoms with van der Waals surface area (Å²) < 4.78 is 39.6. The summed E-state index contributed by atoms with van der Waals surface area (Å²) in [5.74, 6) is -0.723. The minimum absolute atomic E-state index is 0.0419. The molecule has 2 aromatic carbocycles. The SMILES string of the molecule is CC(C)(C)C(OC(N)=O)C1(c2ccccc2)Oc2cc(F)c(Cl)c(B3OC(C)(C)C(C)(C)O3)c2C1O. The number of carbonyl (C=O) groups is 1. The van der Waals surface area contributed by atoms with Crippen molar-refractivity contribution in [2.75, 3.05) is 0 Å². The number of ether oxygens (including phenoxy) is 2. The van der Waals surface area contributed by atoms with Crippen LogP contribution in [0.2, 0.25) is 5.02 Å². The Kier molecular flexibility index (Phi) is 6.40. The maximum absolute atomic E-state index is 15.2. The van der Waals surface area contributed by atoms with Crippen molar-refractivity contribution >= 4 is 30.3 Å². The Bertz CT molecular complexity index is 1170. The number of halogens is 2. The Hall–Kier alpha value is -2.33. The summed E-state index contributed by atoms with van der Waals surface area (Å²) in [6.07, 6.45) is -3.57. The van der Waals surface area contributed by atoms with Crippen LogP contribution >= 0.6 is 11.6 Å². The molecule has 0 bridgehead atoms. The Morgan fingerprint density at radius 3 is 2.22 bits per heavy atom. The standard InChI is InChI=1S/C26H32BClFNO6/c1-23(2,3)21(33-22(30)32)26(14-11-9-8-10-12-14)20(31)17-16(34-26)13-15(29)19(28)18(17)27-35-24(4,5)25(6,7)36-27/h8-13,20-21,31H,1-7H3,(H2,30,32). The largest absolute Gasteiger partial charge is 0.497 e. The lowest BCUT2D eigenvalue weighted by atomic mass is 9.68. The van der Waals surface area contributed by atoms with E-state index in [1.165, 1.54) is 0 Å². The molecule has 3 unspecified atom stereocenters. The Labute approximate surface area is 216 Å². The quantitative estimate of drug-likeness (QED) is 0.572. The fourth-order valence-corrected chi connectivity index (χ4v) is 5.18. The lowest BCUT2D eigenvalue weighted by molar-refractivity contribution is -0.152. The highest BCUT2D eigenvalue weighted by Gasteiger charge is 2.62. The zero-order valence-electron chi connectivity index (χ0n) is 21.5. The van der Waals surface area contributed by atoms with Crippen molar-refractivity contribution < 1.29 is 33.1 Å². The first-order chi connectivity index (χ1) is 16.5. The van der Waals surface area contributed by atoms with E-state index in [0.29, 0.717) is 5.56 Å². The summed E-state index contributed by atoms with van der Waals surface area (Å²) in [6, 6.07) is 9.93. The highest BCUT2D eigenvalue weighted by Crippen LogP contribution is 2.55. The normalized spacial score (nSPS) is 25.3. The summed E-state index contributed by atoms with van der Waals surface area (Å²) in [4.78, 5) is 12.0. The molecule has 1 saturated heterocycles. The molecule has 0 aliphatic carbocycles. The molecule has 2 aliphatic heterocycles. The molecular weight excluding hydrogens is 488 g/mol. The van der Waals surface area contributed by atoms with E-state index in [1.807, 2.05) is 48.5 Å². The van der Waals surface area contributed by atoms with Crippen molar-refractivity contribution in [1.82, 2.24) is 0 Å². The van der Waals surface area contributed by atoms with E-state index < -0.39 is 53.5 Å². The lowest BCUT2D eigenvalue weighted by Gasteiger charge is -2.44. The predicted molar refractivity (Wildman–Crippen MR) is 135 cm³/mol. The molecule has 2 aromatic rings. The zero-order valence-corrected chi connectivity index (χ0v) is 22.3. The van der Waals surface area contributed by atoms with Gasteiger partial charge < -0.3 is 29.6 Å². The first-order valence-corrected chi connectivity index (χ1v) is 12.2. The number of aliphatic hydroxyl groups is 1. The third kappa shape index (κ3) is 4.06. The van der Waals surface area contributed by atoms with Gasteiger partial charge in [-0.1, -0.05) is 62.7 Å². The highest BCUT2D eigenvalue weighted by molar-refractivity contribution is 6.66. The second-order valence-corrected chi connectivity index (χ2v) is 11.8. The minimum Gasteiger partial charge on any atom is -0.475 e. The van der Waals surface area contributed by atoms with Crippen molar-refractivity contribution in [3.63, 3.8) is 0 Å². The number of aliphatic hydroxyl groups excluding tert-OH is 1. The second kappa shape index (κ2) is 8.62. The number of hydrogen-bond acceptors (Lipinski definition) is 6. The number of hydrogen-bond donors (Lipinski definition) is 2. The number of fused-ring (bicyclic) bond motifs is 1. The number of carbonyl (C=O) groups excluding carboxylic acids is 1. The van der Waals surface area contributed by atoms with Crippen molar-refractivity contribution in [3.8, 4) is 5.75 Å². The van der Waals surface area contributed by atoms with Gasteiger partial charge in [0.25, 0.3) is 0 Å². The third-order valence-electron chi connectivity index (χ3n) is 7.34. The van der Waals surface area contributed by atoms with E-state index in [4.69, 9.17) is 36.1 Å². The van der Waals surface area contributed by atoms with Gasteiger partial charge in [-0.05, 0) is 27.7 Å². The summed E-state index contributed by atoms with van der Waals surface area (Å²) >= 11 is 6.49. The van der Waals surface area contributed by atoms with Gasteiger partial charge >= 0.3 is 13.2 Å². The number of nitrogens with two attached hydrogens (primary N) is 1. The summed E-state index contributed by atoms with van der Waals surface area (Å²) in [5, 5.41) is 11.8. The van der Waals surface area contributed by atoms with Crippen LogP contribution in [0.4, 0.5) is 9.18 Å². The van der Waals surface area contributed by atoms with Gasteiger partial charge in [-0.25, -0.2) is 9.18 Å². The fraction of sp³-hybridized carbons (Fsp3) is 0.500. The van der Waals surface area contributed by atoms with Crippen LogP contribution in [-0.2, 0) is 19.6 Å². The maximum atomic E-state index is 15.2. The second-order valence-electron chi connectivity index (χ2n) is 11.4. The van der Waals surface area contributed by atoms with Crippen molar-refractivity contribution in [2.24, 2.45) is 11.1 Å². The lowest BCUT2D eigenvalue weighted by Crippen LogP contribution is -2.55. The maximum Gasteiger partial charge on any atom is 0.497 e. The molecule has 7 nitrogen and oxygen atoms in total. The van der Waals surface area contributed by atoms with E-state index in [0.717, 1.165) is 6.07 Å². The van der Waals surface area contributed by atoms with Crippen molar-refractivity contribution in [2.45, 2.75) is 77.5 Å². The van der Waals surface area contributed by atoms with Gasteiger partial charge in [-0.2, -0.15) is 0 Å². The molecule has 1 amide bonds. The smallest absolute Gasteiger partial charge is 0.475 e. The van der Waals surface area contributed by atoms with Crippen LogP contribution in [-0.4, -0.2) is 35.6 Å². The summed E-state index contributed by atoms with van der Waals surface area (Å²) in [5.41, 5.74) is 2.37. The van der Waals surface area contributed by atoms with Gasteiger partial charge in [0.05, 0.1) is 16.2 Å². The van der Waals surface area contributed by atoms with Gasteiger partial charge in [-0.3, -0.25) is 0 Å². The molecule has 3 atom stereocenters. The van der Waals surface area contributed by atoms with Crippen LogP contribution in [0.5, 0.6) is 5.75 Å². The van der Waals surface area contributed by atoms with Crippen LogP contribution in [0.1, 0.15) is 65.7 Å². The average Bonchev–Trinajstić information content (AvgIpc) is 3.16. The molecule has 0 spiro atoms. The van der Waals surface area contributed by atoms with E-state index in [-0.39, 0.29) is 21.8 Å². The molecule has 0 aromatic heterocycles. The van der Waals surface area contributed by atoms with E-state index in [9.17, 15) is 9.90 Å². The molecule has 4 rings (SSSR count). The average molecular weight is 520 g/mol. The van der Waals surface area contributed by atoms with Gasteiger partial charge in [0.2, 0.25) is 5.60 Å². The topological polar surface area (TPSA) is 100 Å². The Balaban J connectivity index is 1.98. The molecule has 3 N–H and O–H groups in total. The molecule has 0 radical (unpaired) electrons. The molecular formula is C26H32BClFNO6. The van der Waals surface area contributed by atoms with Crippen LogP contribution in [0.3, 0.4) is 0 Å². The monoisotopic (exact) mass is 519 g/mol. The molecule has 2 heterocycles. The zero-order chi connectivity index (χ0) is 26.8. The summed E-state index contributed by atoms with van der Waals surface area (Å²) in [7, 11) is -1.08. The van der Waals surface area contributed by atoms with Gasteiger partial charge in [0.1, 0.15) is 17.7 Å². The van der Waals surface area contributed by atoms with E-state index in [1.54, 1.807) is 30.3 Å². The Morgan fingerprint density at radius 2 is 1.72 bits per heavy atom. The number of benzene rings is 2. The predicted octanol–water partition coefficient (Wildman–Crippen LogP) is 4.61. The van der Waals surface area contributed by atoms with Crippen molar-refractivity contribution in [1.29, 1.82) is 0 Å². The molecule has 2 aliphatic rings. The molecule has 36 heavy (non-hydrogen) atoms. The number of amides is 1.